The second-order valence-electron chi connectivity index (χ2n) is 7.70. The molecule has 0 unspecified atom stereocenters. The molecular formula is C20H30N2O4. The lowest BCUT2D eigenvalue weighted by Crippen LogP contribution is -2.41. The number of carbonyl (C=O) groups excluding carboxylic acids is 2. The summed E-state index contributed by atoms with van der Waals surface area (Å²) in [6, 6.07) is 3.61. The van der Waals surface area contributed by atoms with Crippen molar-refractivity contribution in [3.05, 3.63) is 29.6 Å². The van der Waals surface area contributed by atoms with Crippen LogP contribution in [0, 0.1) is 5.92 Å². The van der Waals surface area contributed by atoms with Crippen LogP contribution in [0.25, 0.3) is 0 Å². The SMILES string of the molecule is CCOC(=O)c1cccnc1CC[C@@H]1CCC[C@@H]1NC(=O)OC(C)(C)C. The number of carbonyl (C=O) groups is 2. The molecule has 0 radical (unpaired) electrons. The second-order valence-corrected chi connectivity index (χ2v) is 7.70. The van der Waals surface area contributed by atoms with Crippen LogP contribution in [0.2, 0.25) is 0 Å². The number of ether oxygens (including phenoxy) is 2. The standard InChI is InChI=1S/C20H30N2O4/c1-5-25-18(23)15-9-7-13-21-17(15)12-11-14-8-6-10-16(14)22-19(24)26-20(2,3)4/h7,9,13-14,16H,5-6,8,10-12H2,1-4H3,(H,22,24)/t14-,16-/m0/s1. The van der Waals surface area contributed by atoms with E-state index in [0.717, 1.165) is 31.4 Å². The number of hydrogen-bond donors (Lipinski definition) is 1. The average Bonchev–Trinajstić information content (AvgIpc) is 2.98. The Kier molecular flexibility index (Phi) is 7.00. The Bertz CT molecular complexity index is 624. The van der Waals surface area contributed by atoms with Gasteiger partial charge in [-0.15, -0.1) is 0 Å². The summed E-state index contributed by atoms with van der Waals surface area (Å²) >= 11 is 0. The number of alkyl carbamates (subject to hydrolysis) is 1. The van der Waals surface area contributed by atoms with Crippen molar-refractivity contribution in [2.75, 3.05) is 6.61 Å². The maximum atomic E-state index is 12.1. The van der Waals surface area contributed by atoms with E-state index < -0.39 is 5.60 Å². The van der Waals surface area contributed by atoms with Crippen LogP contribution in [0.15, 0.2) is 18.3 Å². The van der Waals surface area contributed by atoms with Gasteiger partial charge in [0, 0.05) is 12.2 Å². The Morgan fingerprint density at radius 3 is 2.77 bits per heavy atom. The van der Waals surface area contributed by atoms with Gasteiger partial charge < -0.3 is 14.8 Å². The van der Waals surface area contributed by atoms with Crippen molar-refractivity contribution in [1.29, 1.82) is 0 Å². The van der Waals surface area contributed by atoms with Gasteiger partial charge in [-0.2, -0.15) is 0 Å². The minimum Gasteiger partial charge on any atom is -0.462 e. The Balaban J connectivity index is 1.94. The smallest absolute Gasteiger partial charge is 0.407 e. The monoisotopic (exact) mass is 362 g/mol. The lowest BCUT2D eigenvalue weighted by atomic mass is 9.95. The third-order valence-electron chi connectivity index (χ3n) is 4.50. The molecule has 1 aliphatic carbocycles. The van der Waals surface area contributed by atoms with Crippen molar-refractivity contribution in [3.63, 3.8) is 0 Å². The van der Waals surface area contributed by atoms with E-state index in [2.05, 4.69) is 10.3 Å². The summed E-state index contributed by atoms with van der Waals surface area (Å²) in [4.78, 5) is 28.5. The van der Waals surface area contributed by atoms with Crippen LogP contribution in [0.3, 0.4) is 0 Å². The van der Waals surface area contributed by atoms with Gasteiger partial charge in [-0.1, -0.05) is 6.42 Å². The third-order valence-corrected chi connectivity index (χ3v) is 4.50. The minimum absolute atomic E-state index is 0.111. The first-order chi connectivity index (χ1) is 12.3. The van der Waals surface area contributed by atoms with Gasteiger partial charge in [0.25, 0.3) is 0 Å². The normalized spacial score (nSPS) is 19.8. The van der Waals surface area contributed by atoms with Gasteiger partial charge in [-0.25, -0.2) is 9.59 Å². The lowest BCUT2D eigenvalue weighted by Gasteiger charge is -2.25. The molecule has 2 rings (SSSR count). The van der Waals surface area contributed by atoms with Crippen LogP contribution in [0.5, 0.6) is 0 Å². The highest BCUT2D eigenvalue weighted by Gasteiger charge is 2.30. The van der Waals surface area contributed by atoms with E-state index in [1.165, 1.54) is 0 Å². The number of nitrogens with zero attached hydrogens (tertiary/aromatic N) is 1. The molecule has 6 heteroatoms. The predicted molar refractivity (Wildman–Crippen MR) is 99.0 cm³/mol. The van der Waals surface area contributed by atoms with Crippen molar-refractivity contribution in [2.24, 2.45) is 5.92 Å². The van der Waals surface area contributed by atoms with Crippen molar-refractivity contribution in [1.82, 2.24) is 10.3 Å². The van der Waals surface area contributed by atoms with Crippen LogP contribution in [0.4, 0.5) is 4.79 Å². The molecule has 1 saturated carbocycles. The third kappa shape index (κ3) is 6.00. The molecule has 26 heavy (non-hydrogen) atoms. The fourth-order valence-corrected chi connectivity index (χ4v) is 3.39. The fraction of sp³-hybridized carbons (Fsp3) is 0.650. The van der Waals surface area contributed by atoms with E-state index >= 15 is 0 Å². The molecule has 0 aliphatic heterocycles. The predicted octanol–water partition coefficient (Wildman–Crippen LogP) is 3.88. The topological polar surface area (TPSA) is 77.5 Å². The number of esters is 1. The first-order valence-electron chi connectivity index (χ1n) is 9.40. The van der Waals surface area contributed by atoms with Gasteiger partial charge in [0.05, 0.1) is 17.9 Å². The van der Waals surface area contributed by atoms with Gasteiger partial charge in [-0.05, 0) is 71.4 Å². The van der Waals surface area contributed by atoms with Crippen LogP contribution >= 0.6 is 0 Å². The summed E-state index contributed by atoms with van der Waals surface area (Å²) in [7, 11) is 0. The minimum atomic E-state index is -0.499. The number of aromatic nitrogens is 1. The zero-order valence-corrected chi connectivity index (χ0v) is 16.2. The molecule has 144 valence electrons. The number of pyridine rings is 1. The van der Waals surface area contributed by atoms with Crippen molar-refractivity contribution >= 4 is 12.1 Å². The van der Waals surface area contributed by atoms with Gasteiger partial charge in [0.15, 0.2) is 0 Å². The zero-order chi connectivity index (χ0) is 19.2. The van der Waals surface area contributed by atoms with Crippen LogP contribution in [-0.4, -0.2) is 35.3 Å². The van der Waals surface area contributed by atoms with Crippen molar-refractivity contribution in [3.8, 4) is 0 Å². The molecule has 2 atom stereocenters. The maximum absolute atomic E-state index is 12.1. The fourth-order valence-electron chi connectivity index (χ4n) is 3.39. The lowest BCUT2D eigenvalue weighted by molar-refractivity contribution is 0.0490. The van der Waals surface area contributed by atoms with E-state index in [-0.39, 0.29) is 18.1 Å². The molecule has 1 heterocycles. The average molecular weight is 362 g/mol. The molecule has 1 aromatic rings. The van der Waals surface area contributed by atoms with E-state index in [9.17, 15) is 9.59 Å². The van der Waals surface area contributed by atoms with Crippen LogP contribution in [0.1, 0.15) is 69.4 Å². The Morgan fingerprint density at radius 2 is 2.08 bits per heavy atom. The first kappa shape index (κ1) is 20.2. The Morgan fingerprint density at radius 1 is 1.31 bits per heavy atom. The molecule has 0 bridgehead atoms. The zero-order valence-electron chi connectivity index (χ0n) is 16.2. The maximum Gasteiger partial charge on any atom is 0.407 e. The number of nitrogens with one attached hydrogen (secondary N) is 1. The molecule has 1 aliphatic rings. The number of aryl methyl sites for hydroxylation is 1. The van der Waals surface area contributed by atoms with Crippen molar-refractivity contribution in [2.45, 2.75) is 71.4 Å². The highest BCUT2D eigenvalue weighted by molar-refractivity contribution is 5.90. The first-order valence-corrected chi connectivity index (χ1v) is 9.40. The van der Waals surface area contributed by atoms with E-state index in [0.29, 0.717) is 24.5 Å². The highest BCUT2D eigenvalue weighted by Crippen LogP contribution is 2.30. The quantitative estimate of drug-likeness (QED) is 0.777. The summed E-state index contributed by atoms with van der Waals surface area (Å²) in [6.45, 7) is 7.71. The molecule has 1 aromatic heterocycles. The van der Waals surface area contributed by atoms with Crippen LogP contribution in [-0.2, 0) is 15.9 Å². The van der Waals surface area contributed by atoms with Crippen LogP contribution < -0.4 is 5.32 Å². The molecule has 0 saturated heterocycles. The molecule has 1 fully saturated rings. The van der Waals surface area contributed by atoms with Crippen molar-refractivity contribution < 1.29 is 19.1 Å². The Hall–Kier alpha value is -2.11. The summed E-state index contributed by atoms with van der Waals surface area (Å²) in [5.74, 6) is 0.0324. The molecule has 1 N–H and O–H groups in total. The second kappa shape index (κ2) is 9.01. The van der Waals surface area contributed by atoms with Gasteiger partial charge in [0.1, 0.15) is 5.60 Å². The highest BCUT2D eigenvalue weighted by atomic mass is 16.6. The summed E-state index contributed by atoms with van der Waals surface area (Å²) < 4.78 is 10.5. The molecule has 0 spiro atoms. The van der Waals surface area contributed by atoms with E-state index in [4.69, 9.17) is 9.47 Å². The summed E-state index contributed by atoms with van der Waals surface area (Å²) in [5, 5.41) is 3.01. The molecule has 1 amide bonds. The summed E-state index contributed by atoms with van der Waals surface area (Å²) in [6.07, 6.45) is 5.98. The van der Waals surface area contributed by atoms with E-state index in [1.54, 1.807) is 25.3 Å². The molecular weight excluding hydrogens is 332 g/mol. The summed E-state index contributed by atoms with van der Waals surface area (Å²) in [5.41, 5.74) is 0.790. The molecule has 6 nitrogen and oxygen atoms in total. The van der Waals surface area contributed by atoms with Gasteiger partial charge >= 0.3 is 12.1 Å². The van der Waals surface area contributed by atoms with Gasteiger partial charge in [-0.3, -0.25) is 4.98 Å². The number of rotatable bonds is 6. The van der Waals surface area contributed by atoms with E-state index in [1.807, 2.05) is 20.8 Å². The molecule has 0 aromatic carbocycles. The number of amides is 1. The largest absolute Gasteiger partial charge is 0.462 e. The number of hydrogen-bond acceptors (Lipinski definition) is 5. The Labute approximate surface area is 155 Å². The van der Waals surface area contributed by atoms with Gasteiger partial charge in [0.2, 0.25) is 0 Å².